The fraction of sp³-hybridized carbons (Fsp3) is 0.611. The van der Waals surface area contributed by atoms with E-state index >= 15 is 0 Å². The Morgan fingerprint density at radius 3 is 2.45 bits per heavy atom. The molecule has 122 valence electrons. The summed E-state index contributed by atoms with van der Waals surface area (Å²) >= 11 is 0. The third-order valence-corrected chi connectivity index (χ3v) is 5.42. The van der Waals surface area contributed by atoms with Crippen LogP contribution >= 0.6 is 12.4 Å². The second-order valence-electron chi connectivity index (χ2n) is 7.51. The van der Waals surface area contributed by atoms with E-state index in [2.05, 4.69) is 37.8 Å². The zero-order valence-electron chi connectivity index (χ0n) is 13.8. The fourth-order valence-electron chi connectivity index (χ4n) is 3.68. The van der Waals surface area contributed by atoms with E-state index in [9.17, 15) is 4.79 Å². The van der Waals surface area contributed by atoms with Crippen LogP contribution in [0.3, 0.4) is 0 Å². The van der Waals surface area contributed by atoms with Gasteiger partial charge in [0.1, 0.15) is 0 Å². The summed E-state index contributed by atoms with van der Waals surface area (Å²) in [6.45, 7) is 8.03. The van der Waals surface area contributed by atoms with E-state index in [4.69, 9.17) is 5.73 Å². The number of hydrogen-bond donors (Lipinski definition) is 1. The number of carbonyl (C=O) groups is 1. The SMILES string of the molecule is Cc1ccccc1C1(C(=O)N2CCC(N)C(C)(C)C2)CC1.Cl. The van der Waals surface area contributed by atoms with Crippen molar-refractivity contribution < 1.29 is 4.79 Å². The van der Waals surface area contributed by atoms with E-state index in [1.807, 2.05) is 12.1 Å². The van der Waals surface area contributed by atoms with Crippen LogP contribution in [0.5, 0.6) is 0 Å². The molecule has 4 heteroatoms. The van der Waals surface area contributed by atoms with Crippen molar-refractivity contribution >= 4 is 18.3 Å². The average Bonchev–Trinajstić information content (AvgIpc) is 3.23. The Labute approximate surface area is 139 Å². The number of piperidine rings is 1. The average molecular weight is 323 g/mol. The van der Waals surface area contributed by atoms with Gasteiger partial charge in [0.05, 0.1) is 5.41 Å². The monoisotopic (exact) mass is 322 g/mol. The molecule has 1 aromatic rings. The smallest absolute Gasteiger partial charge is 0.233 e. The molecule has 1 atom stereocenters. The molecule has 1 unspecified atom stereocenters. The molecule has 0 spiro atoms. The number of carbonyl (C=O) groups excluding carboxylic acids is 1. The third kappa shape index (κ3) is 2.77. The van der Waals surface area contributed by atoms with Gasteiger partial charge in [-0.15, -0.1) is 12.4 Å². The van der Waals surface area contributed by atoms with Crippen molar-refractivity contribution in [2.24, 2.45) is 11.1 Å². The standard InChI is InChI=1S/C18H26N2O.ClH/c1-13-6-4-5-7-14(13)18(9-10-18)16(21)20-11-8-15(19)17(2,3)12-20;/h4-7,15H,8-12,19H2,1-3H3;1H. The number of amides is 1. The summed E-state index contributed by atoms with van der Waals surface area (Å²) in [5, 5.41) is 0. The summed E-state index contributed by atoms with van der Waals surface area (Å²) in [7, 11) is 0. The molecule has 2 N–H and O–H groups in total. The van der Waals surface area contributed by atoms with Crippen LogP contribution in [-0.4, -0.2) is 29.9 Å². The molecule has 3 rings (SSSR count). The maximum atomic E-state index is 13.1. The van der Waals surface area contributed by atoms with Gasteiger partial charge in [-0.1, -0.05) is 38.1 Å². The highest BCUT2D eigenvalue weighted by atomic mass is 35.5. The van der Waals surface area contributed by atoms with Gasteiger partial charge in [-0.3, -0.25) is 4.79 Å². The Morgan fingerprint density at radius 1 is 1.27 bits per heavy atom. The number of nitrogens with zero attached hydrogens (tertiary/aromatic N) is 1. The van der Waals surface area contributed by atoms with Crippen LogP contribution in [0.15, 0.2) is 24.3 Å². The summed E-state index contributed by atoms with van der Waals surface area (Å²) in [6.07, 6.45) is 2.88. The summed E-state index contributed by atoms with van der Waals surface area (Å²) in [5.74, 6) is 0.316. The van der Waals surface area contributed by atoms with E-state index in [1.165, 1.54) is 11.1 Å². The van der Waals surface area contributed by atoms with E-state index in [1.54, 1.807) is 0 Å². The summed E-state index contributed by atoms with van der Waals surface area (Å²) in [5.41, 5.74) is 8.42. The summed E-state index contributed by atoms with van der Waals surface area (Å²) in [6, 6.07) is 8.52. The first-order valence-corrected chi connectivity index (χ1v) is 7.98. The van der Waals surface area contributed by atoms with Gasteiger partial charge in [0, 0.05) is 19.1 Å². The van der Waals surface area contributed by atoms with Crippen LogP contribution in [0.4, 0.5) is 0 Å². The van der Waals surface area contributed by atoms with Crippen molar-refractivity contribution in [1.82, 2.24) is 4.90 Å². The zero-order chi connectivity index (χ0) is 15.3. The number of rotatable bonds is 2. The van der Waals surface area contributed by atoms with Crippen molar-refractivity contribution in [2.45, 2.75) is 51.5 Å². The third-order valence-electron chi connectivity index (χ3n) is 5.42. The molecule has 1 aromatic carbocycles. The molecule has 1 saturated carbocycles. The Morgan fingerprint density at radius 2 is 1.91 bits per heavy atom. The number of hydrogen-bond acceptors (Lipinski definition) is 2. The molecule has 0 bridgehead atoms. The lowest BCUT2D eigenvalue weighted by Crippen LogP contribution is -2.55. The van der Waals surface area contributed by atoms with Crippen molar-refractivity contribution in [3.05, 3.63) is 35.4 Å². The molecular formula is C18H27ClN2O. The first-order valence-electron chi connectivity index (χ1n) is 7.98. The highest BCUT2D eigenvalue weighted by Crippen LogP contribution is 2.51. The largest absolute Gasteiger partial charge is 0.341 e. The first kappa shape index (κ1) is 17.3. The van der Waals surface area contributed by atoms with Crippen molar-refractivity contribution in [2.75, 3.05) is 13.1 Å². The highest BCUT2D eigenvalue weighted by molar-refractivity contribution is 5.91. The molecule has 1 aliphatic carbocycles. The summed E-state index contributed by atoms with van der Waals surface area (Å²) in [4.78, 5) is 15.2. The molecule has 2 aliphatic rings. The molecule has 2 fully saturated rings. The maximum Gasteiger partial charge on any atom is 0.233 e. The zero-order valence-corrected chi connectivity index (χ0v) is 14.6. The Kier molecular flexibility index (Phi) is 4.61. The molecule has 0 aromatic heterocycles. The number of halogens is 1. The molecule has 1 aliphatic heterocycles. The van der Waals surface area contributed by atoms with Crippen molar-refractivity contribution in [3.8, 4) is 0 Å². The lowest BCUT2D eigenvalue weighted by Gasteiger charge is -2.43. The van der Waals surface area contributed by atoms with Gasteiger partial charge in [-0.25, -0.2) is 0 Å². The van der Waals surface area contributed by atoms with E-state index in [0.717, 1.165) is 32.4 Å². The minimum absolute atomic E-state index is 0. The highest BCUT2D eigenvalue weighted by Gasteiger charge is 2.54. The number of benzene rings is 1. The van der Waals surface area contributed by atoms with Crippen LogP contribution in [0.25, 0.3) is 0 Å². The first-order chi connectivity index (χ1) is 9.87. The fourth-order valence-corrected chi connectivity index (χ4v) is 3.68. The van der Waals surface area contributed by atoms with Crippen LogP contribution in [0, 0.1) is 12.3 Å². The number of aryl methyl sites for hydroxylation is 1. The maximum absolute atomic E-state index is 13.1. The van der Waals surface area contributed by atoms with Crippen molar-refractivity contribution in [3.63, 3.8) is 0 Å². The van der Waals surface area contributed by atoms with E-state index < -0.39 is 0 Å². The predicted molar refractivity (Wildman–Crippen MR) is 92.3 cm³/mol. The van der Waals surface area contributed by atoms with Crippen molar-refractivity contribution in [1.29, 1.82) is 0 Å². The van der Waals surface area contributed by atoms with Crippen LogP contribution < -0.4 is 5.73 Å². The van der Waals surface area contributed by atoms with Crippen LogP contribution in [0.1, 0.15) is 44.2 Å². The van der Waals surface area contributed by atoms with Gasteiger partial charge in [0.25, 0.3) is 0 Å². The van der Waals surface area contributed by atoms with Gasteiger partial charge in [0.2, 0.25) is 5.91 Å². The second kappa shape index (κ2) is 5.86. The number of likely N-dealkylation sites (tertiary alicyclic amines) is 1. The summed E-state index contributed by atoms with van der Waals surface area (Å²) < 4.78 is 0. The minimum Gasteiger partial charge on any atom is -0.341 e. The Hall–Kier alpha value is -1.06. The lowest BCUT2D eigenvalue weighted by atomic mass is 9.79. The van der Waals surface area contributed by atoms with Gasteiger partial charge in [-0.05, 0) is 42.7 Å². The number of nitrogens with two attached hydrogens (primary N) is 1. The van der Waals surface area contributed by atoms with Gasteiger partial charge >= 0.3 is 0 Å². The molecular weight excluding hydrogens is 296 g/mol. The van der Waals surface area contributed by atoms with Gasteiger partial charge in [0.15, 0.2) is 0 Å². The van der Waals surface area contributed by atoms with Gasteiger partial charge in [-0.2, -0.15) is 0 Å². The van der Waals surface area contributed by atoms with Gasteiger partial charge < -0.3 is 10.6 Å². The normalized spacial score (nSPS) is 25.3. The van der Waals surface area contributed by atoms with E-state index in [0.29, 0.717) is 5.91 Å². The predicted octanol–water partition coefficient (Wildman–Crippen LogP) is 3.03. The Bertz CT molecular complexity index is 566. The molecule has 1 amide bonds. The molecule has 1 saturated heterocycles. The topological polar surface area (TPSA) is 46.3 Å². The molecule has 0 radical (unpaired) electrons. The lowest BCUT2D eigenvalue weighted by molar-refractivity contribution is -0.137. The molecule has 3 nitrogen and oxygen atoms in total. The molecule has 22 heavy (non-hydrogen) atoms. The minimum atomic E-state index is -0.247. The molecule has 1 heterocycles. The van der Waals surface area contributed by atoms with Crippen LogP contribution in [0.2, 0.25) is 0 Å². The quantitative estimate of drug-likeness (QED) is 0.909. The van der Waals surface area contributed by atoms with Crippen LogP contribution in [-0.2, 0) is 10.2 Å². The Balaban J connectivity index is 0.00000176. The second-order valence-corrected chi connectivity index (χ2v) is 7.51. The van der Waals surface area contributed by atoms with E-state index in [-0.39, 0.29) is 29.3 Å².